The van der Waals surface area contributed by atoms with Crippen molar-refractivity contribution in [3.8, 4) is 0 Å². The Hall–Kier alpha value is -2.89. The molecule has 0 saturated carbocycles. The van der Waals surface area contributed by atoms with E-state index < -0.39 is 6.10 Å². The highest BCUT2D eigenvalue weighted by molar-refractivity contribution is 5.71. The number of hydrogen-bond donors (Lipinski definition) is 0. The fourth-order valence-corrected chi connectivity index (χ4v) is 9.15. The maximum atomic E-state index is 12.9. The van der Waals surface area contributed by atoms with Gasteiger partial charge in [0.1, 0.15) is 13.2 Å². The summed E-state index contributed by atoms with van der Waals surface area (Å²) >= 11 is 0. The monoisotopic (exact) mass is 1020 g/mol. The van der Waals surface area contributed by atoms with Crippen LogP contribution in [0.3, 0.4) is 0 Å². The maximum Gasteiger partial charge on any atom is 0.306 e. The van der Waals surface area contributed by atoms with Crippen LogP contribution >= 0.6 is 0 Å². The van der Waals surface area contributed by atoms with E-state index in [1.165, 1.54) is 186 Å². The van der Waals surface area contributed by atoms with E-state index in [-0.39, 0.29) is 31.1 Å². The van der Waals surface area contributed by atoms with Gasteiger partial charge in [0.2, 0.25) is 0 Å². The molecule has 0 heterocycles. The SMILES string of the molecule is CCCCCC/C=C\C/C=C\CCCCCCCC(=O)OCC(COC(=O)CCCCCCCCCCCCC/C=C\CCCCCCCCCC)OC(=O)CCCCCCC/C=C\C/C=C\CCCCCC. The van der Waals surface area contributed by atoms with Gasteiger partial charge < -0.3 is 14.2 Å². The fraction of sp³-hybridized carbons (Fsp3) is 0.806. The second-order valence-electron chi connectivity index (χ2n) is 21.3. The molecular formula is C67H120O6. The molecule has 0 fully saturated rings. The predicted octanol–water partition coefficient (Wildman–Crippen LogP) is 21.6. The molecule has 6 heteroatoms. The number of carbonyl (C=O) groups is 3. The fourth-order valence-electron chi connectivity index (χ4n) is 9.15. The largest absolute Gasteiger partial charge is 0.462 e. The second-order valence-corrected chi connectivity index (χ2v) is 21.3. The summed E-state index contributed by atoms with van der Waals surface area (Å²) in [6.07, 6.45) is 77.9. The zero-order valence-corrected chi connectivity index (χ0v) is 48.7. The zero-order chi connectivity index (χ0) is 52.9. The molecule has 0 aliphatic rings. The highest BCUT2D eigenvalue weighted by atomic mass is 16.6. The van der Waals surface area contributed by atoms with Gasteiger partial charge in [0.15, 0.2) is 6.10 Å². The Bertz CT molecular complexity index is 1310. The van der Waals surface area contributed by atoms with Crippen LogP contribution in [0.2, 0.25) is 0 Å². The average molecular weight is 1020 g/mol. The van der Waals surface area contributed by atoms with Crippen LogP contribution in [0.1, 0.15) is 329 Å². The van der Waals surface area contributed by atoms with E-state index in [0.29, 0.717) is 19.3 Å². The Morgan fingerprint density at radius 1 is 0.274 bits per heavy atom. The number of carbonyl (C=O) groups excluding carboxylic acids is 3. The molecule has 0 aromatic carbocycles. The molecule has 0 aromatic heterocycles. The summed E-state index contributed by atoms with van der Waals surface area (Å²) in [5.41, 5.74) is 0. The first-order valence-electron chi connectivity index (χ1n) is 31.8. The Labute approximate surface area is 453 Å². The third-order valence-corrected chi connectivity index (χ3v) is 14.0. The molecule has 0 bridgehead atoms. The van der Waals surface area contributed by atoms with Gasteiger partial charge >= 0.3 is 17.9 Å². The van der Waals surface area contributed by atoms with Gasteiger partial charge in [-0.1, -0.05) is 261 Å². The van der Waals surface area contributed by atoms with Crippen molar-refractivity contribution in [3.63, 3.8) is 0 Å². The van der Waals surface area contributed by atoms with E-state index in [4.69, 9.17) is 14.2 Å². The van der Waals surface area contributed by atoms with Gasteiger partial charge in [-0.25, -0.2) is 0 Å². The molecule has 0 spiro atoms. The molecule has 0 aliphatic heterocycles. The van der Waals surface area contributed by atoms with E-state index in [1.807, 2.05) is 0 Å². The number of unbranched alkanes of at least 4 members (excludes halogenated alkanes) is 37. The molecule has 0 aliphatic carbocycles. The van der Waals surface area contributed by atoms with E-state index in [1.54, 1.807) is 0 Å². The molecule has 424 valence electrons. The summed E-state index contributed by atoms with van der Waals surface area (Å²) in [7, 11) is 0. The van der Waals surface area contributed by atoms with Crippen LogP contribution in [0.15, 0.2) is 60.8 Å². The van der Waals surface area contributed by atoms with Crippen LogP contribution in [-0.4, -0.2) is 37.2 Å². The lowest BCUT2D eigenvalue weighted by molar-refractivity contribution is -0.167. The molecule has 0 aromatic rings. The maximum absolute atomic E-state index is 12.9. The summed E-state index contributed by atoms with van der Waals surface area (Å²) in [5.74, 6) is -0.897. The van der Waals surface area contributed by atoms with Crippen molar-refractivity contribution in [3.05, 3.63) is 60.8 Å². The normalized spacial score (nSPS) is 12.4. The lowest BCUT2D eigenvalue weighted by atomic mass is 10.0. The Morgan fingerprint density at radius 2 is 0.493 bits per heavy atom. The van der Waals surface area contributed by atoms with Crippen molar-refractivity contribution in [1.29, 1.82) is 0 Å². The smallest absolute Gasteiger partial charge is 0.306 e. The first-order valence-corrected chi connectivity index (χ1v) is 31.8. The molecule has 73 heavy (non-hydrogen) atoms. The van der Waals surface area contributed by atoms with Gasteiger partial charge in [-0.05, 0) is 109 Å². The van der Waals surface area contributed by atoms with Crippen molar-refractivity contribution in [1.82, 2.24) is 0 Å². The first-order chi connectivity index (χ1) is 36.0. The highest BCUT2D eigenvalue weighted by Gasteiger charge is 2.19. The van der Waals surface area contributed by atoms with Gasteiger partial charge in [0.25, 0.3) is 0 Å². The van der Waals surface area contributed by atoms with Crippen LogP contribution in [-0.2, 0) is 28.6 Å². The van der Waals surface area contributed by atoms with E-state index in [9.17, 15) is 14.4 Å². The number of hydrogen-bond acceptors (Lipinski definition) is 6. The third-order valence-electron chi connectivity index (χ3n) is 14.0. The summed E-state index contributed by atoms with van der Waals surface area (Å²) in [6, 6.07) is 0. The minimum atomic E-state index is -0.788. The average Bonchev–Trinajstić information content (AvgIpc) is 3.39. The molecule has 6 nitrogen and oxygen atoms in total. The van der Waals surface area contributed by atoms with Gasteiger partial charge in [0, 0.05) is 19.3 Å². The number of allylic oxidation sites excluding steroid dienone is 10. The minimum Gasteiger partial charge on any atom is -0.462 e. The lowest BCUT2D eigenvalue weighted by Gasteiger charge is -2.18. The lowest BCUT2D eigenvalue weighted by Crippen LogP contribution is -2.30. The predicted molar refractivity (Wildman–Crippen MR) is 316 cm³/mol. The van der Waals surface area contributed by atoms with Crippen molar-refractivity contribution in [2.24, 2.45) is 0 Å². The summed E-state index contributed by atoms with van der Waals surface area (Å²) in [5, 5.41) is 0. The highest BCUT2D eigenvalue weighted by Crippen LogP contribution is 2.16. The first kappa shape index (κ1) is 70.1. The van der Waals surface area contributed by atoms with Crippen LogP contribution in [0, 0.1) is 0 Å². The van der Waals surface area contributed by atoms with Crippen molar-refractivity contribution < 1.29 is 28.6 Å². The van der Waals surface area contributed by atoms with E-state index in [2.05, 4.69) is 81.5 Å². The molecule has 0 radical (unpaired) electrons. The molecule has 0 rings (SSSR count). The van der Waals surface area contributed by atoms with Crippen molar-refractivity contribution >= 4 is 17.9 Å². The molecule has 0 saturated heterocycles. The number of esters is 3. The topological polar surface area (TPSA) is 78.9 Å². The quantitative estimate of drug-likeness (QED) is 0.0261. The molecule has 1 unspecified atom stereocenters. The Kier molecular flexibility index (Phi) is 59.2. The molecule has 0 amide bonds. The van der Waals surface area contributed by atoms with E-state index in [0.717, 1.165) is 103 Å². The Morgan fingerprint density at radius 3 is 0.781 bits per heavy atom. The summed E-state index contributed by atoms with van der Waals surface area (Å²) in [6.45, 7) is 6.62. The van der Waals surface area contributed by atoms with Gasteiger partial charge in [0.05, 0.1) is 0 Å². The summed E-state index contributed by atoms with van der Waals surface area (Å²) < 4.78 is 16.9. The number of rotatable bonds is 58. The minimum absolute atomic E-state index is 0.0834. The van der Waals surface area contributed by atoms with Gasteiger partial charge in [-0.3, -0.25) is 14.4 Å². The van der Waals surface area contributed by atoms with E-state index >= 15 is 0 Å². The van der Waals surface area contributed by atoms with Crippen LogP contribution in [0.4, 0.5) is 0 Å². The van der Waals surface area contributed by atoms with Crippen molar-refractivity contribution in [2.45, 2.75) is 335 Å². The Balaban J connectivity index is 4.35. The van der Waals surface area contributed by atoms with Crippen molar-refractivity contribution in [2.75, 3.05) is 13.2 Å². The second kappa shape index (κ2) is 61.7. The summed E-state index contributed by atoms with van der Waals surface area (Å²) in [4.78, 5) is 38.3. The molecule has 0 N–H and O–H groups in total. The van der Waals surface area contributed by atoms with Crippen LogP contribution < -0.4 is 0 Å². The standard InChI is InChI=1S/C67H120O6/c1-4-7-10-13-16-19-22-25-28-31-32-33-34-35-36-37-40-42-45-48-51-54-57-60-66(69)72-63-64(73-67(70)61-58-55-52-49-46-43-39-30-27-24-21-18-15-12-9-6-3)62-71-65(68)59-56-53-50-47-44-41-38-29-26-23-20-17-14-11-8-5-2/h20-21,23-24,29-32,38-39,64H,4-19,22,25-28,33-37,40-63H2,1-3H3/b23-20-,24-21-,32-31-,38-29-,39-30-. The van der Waals surface area contributed by atoms with Gasteiger partial charge in [-0.2, -0.15) is 0 Å². The van der Waals surface area contributed by atoms with Crippen LogP contribution in [0.5, 0.6) is 0 Å². The molecule has 1 atom stereocenters. The third kappa shape index (κ3) is 59.9. The number of ether oxygens (including phenoxy) is 3. The van der Waals surface area contributed by atoms with Crippen LogP contribution in [0.25, 0.3) is 0 Å². The zero-order valence-electron chi connectivity index (χ0n) is 48.7. The van der Waals surface area contributed by atoms with Gasteiger partial charge in [-0.15, -0.1) is 0 Å². The molecular weight excluding hydrogens is 901 g/mol.